The molecule has 0 unspecified atom stereocenters. The average Bonchev–Trinajstić information content (AvgIpc) is 2.74. The number of benzene rings is 1. The fraction of sp³-hybridized carbons (Fsp3) is 0.500. The topological polar surface area (TPSA) is 61.8 Å². The Balaban J connectivity index is 1.84. The van der Waals surface area contributed by atoms with Crippen molar-refractivity contribution >= 4 is 5.96 Å². The van der Waals surface area contributed by atoms with Crippen LogP contribution in [0.1, 0.15) is 45.9 Å². The number of pyridine rings is 1. The van der Waals surface area contributed by atoms with Crippen LogP contribution >= 0.6 is 0 Å². The van der Waals surface area contributed by atoms with Gasteiger partial charge in [-0.25, -0.2) is 4.99 Å². The highest BCUT2D eigenvalue weighted by Gasteiger charge is 2.12. The lowest BCUT2D eigenvalue weighted by Crippen LogP contribution is -2.45. The van der Waals surface area contributed by atoms with E-state index in [4.69, 9.17) is 9.73 Å². The van der Waals surface area contributed by atoms with Gasteiger partial charge >= 0.3 is 0 Å². The van der Waals surface area contributed by atoms with Gasteiger partial charge in [0.1, 0.15) is 12.4 Å². The molecule has 1 aromatic carbocycles. The summed E-state index contributed by atoms with van der Waals surface area (Å²) < 4.78 is 5.80. The van der Waals surface area contributed by atoms with Crippen molar-refractivity contribution in [3.05, 3.63) is 59.9 Å². The van der Waals surface area contributed by atoms with E-state index in [-0.39, 0.29) is 0 Å². The lowest BCUT2D eigenvalue weighted by molar-refractivity contribution is 0.178. The minimum Gasteiger partial charge on any atom is -0.487 e. The normalized spacial score (nSPS) is 11.9. The third-order valence-corrected chi connectivity index (χ3v) is 4.79. The van der Waals surface area contributed by atoms with Gasteiger partial charge in [-0.1, -0.05) is 18.2 Å². The predicted octanol–water partition coefficient (Wildman–Crippen LogP) is 3.83. The van der Waals surface area contributed by atoms with E-state index in [2.05, 4.69) is 67.3 Å². The molecular weight excluding hydrogens is 374 g/mol. The molecule has 0 aliphatic heterocycles. The summed E-state index contributed by atoms with van der Waals surface area (Å²) in [5, 5.41) is 6.77. The summed E-state index contributed by atoms with van der Waals surface area (Å²) in [5.74, 6) is 1.68. The molecule has 0 saturated heterocycles. The number of guanidine groups is 1. The SMILES string of the molecule is CCNC(=NCc1ccc(OCc2ccccn2)cc1)NCCN(C(C)C)C(C)C. The van der Waals surface area contributed by atoms with Crippen LogP contribution in [0.15, 0.2) is 53.7 Å². The summed E-state index contributed by atoms with van der Waals surface area (Å²) in [6.45, 7) is 14.8. The maximum atomic E-state index is 5.80. The Kier molecular flexibility index (Phi) is 10.1. The average molecular weight is 412 g/mol. The van der Waals surface area contributed by atoms with Crippen LogP contribution < -0.4 is 15.4 Å². The highest BCUT2D eigenvalue weighted by Crippen LogP contribution is 2.14. The van der Waals surface area contributed by atoms with Crippen molar-refractivity contribution in [1.82, 2.24) is 20.5 Å². The predicted molar refractivity (Wildman–Crippen MR) is 125 cm³/mol. The molecule has 2 rings (SSSR count). The van der Waals surface area contributed by atoms with Crippen LogP contribution in [0.25, 0.3) is 0 Å². The lowest BCUT2D eigenvalue weighted by atomic mass is 10.2. The summed E-state index contributed by atoms with van der Waals surface area (Å²) in [6, 6.07) is 15.0. The Morgan fingerprint density at radius 2 is 1.77 bits per heavy atom. The Hall–Kier alpha value is -2.60. The van der Waals surface area contributed by atoms with Crippen LogP contribution in [0.4, 0.5) is 0 Å². The molecule has 1 aromatic heterocycles. The highest BCUT2D eigenvalue weighted by atomic mass is 16.5. The van der Waals surface area contributed by atoms with E-state index in [1.54, 1.807) is 6.20 Å². The van der Waals surface area contributed by atoms with Crippen molar-refractivity contribution < 1.29 is 4.74 Å². The van der Waals surface area contributed by atoms with E-state index in [0.29, 0.717) is 25.2 Å². The van der Waals surface area contributed by atoms with E-state index in [9.17, 15) is 0 Å². The zero-order valence-electron chi connectivity index (χ0n) is 19.1. The van der Waals surface area contributed by atoms with Gasteiger partial charge in [0.25, 0.3) is 0 Å². The van der Waals surface area contributed by atoms with Crippen molar-refractivity contribution in [3.8, 4) is 5.75 Å². The van der Waals surface area contributed by atoms with Crippen LogP contribution in [0.3, 0.4) is 0 Å². The molecule has 0 radical (unpaired) electrons. The number of nitrogens with zero attached hydrogens (tertiary/aromatic N) is 3. The van der Waals surface area contributed by atoms with Gasteiger partial charge in [-0.2, -0.15) is 0 Å². The first-order valence-electron chi connectivity index (χ1n) is 10.9. The molecule has 30 heavy (non-hydrogen) atoms. The van der Waals surface area contributed by atoms with Crippen LogP contribution in [0.2, 0.25) is 0 Å². The van der Waals surface area contributed by atoms with Crippen molar-refractivity contribution in [3.63, 3.8) is 0 Å². The molecule has 0 fully saturated rings. The van der Waals surface area contributed by atoms with Crippen LogP contribution in [-0.2, 0) is 13.2 Å². The molecule has 6 nitrogen and oxygen atoms in total. The number of hydrogen-bond acceptors (Lipinski definition) is 4. The van der Waals surface area contributed by atoms with E-state index in [1.807, 2.05) is 30.3 Å². The lowest BCUT2D eigenvalue weighted by Gasteiger charge is -2.30. The van der Waals surface area contributed by atoms with Gasteiger partial charge in [-0.15, -0.1) is 0 Å². The number of hydrogen-bond donors (Lipinski definition) is 2. The third kappa shape index (κ3) is 8.41. The molecule has 0 bridgehead atoms. The highest BCUT2D eigenvalue weighted by molar-refractivity contribution is 5.79. The summed E-state index contributed by atoms with van der Waals surface area (Å²) in [7, 11) is 0. The van der Waals surface area contributed by atoms with Crippen molar-refractivity contribution in [2.24, 2.45) is 4.99 Å². The van der Waals surface area contributed by atoms with E-state index in [0.717, 1.165) is 42.6 Å². The Labute approximate surface area is 181 Å². The first-order chi connectivity index (χ1) is 14.5. The largest absolute Gasteiger partial charge is 0.487 e. The maximum Gasteiger partial charge on any atom is 0.191 e. The molecule has 0 spiro atoms. The van der Waals surface area contributed by atoms with Crippen LogP contribution in [0, 0.1) is 0 Å². The molecule has 2 N–H and O–H groups in total. The van der Waals surface area contributed by atoms with E-state index >= 15 is 0 Å². The molecule has 164 valence electrons. The van der Waals surface area contributed by atoms with Gasteiger partial charge in [0.2, 0.25) is 0 Å². The minimum absolute atomic E-state index is 0.469. The van der Waals surface area contributed by atoms with Crippen LogP contribution in [0.5, 0.6) is 5.75 Å². The fourth-order valence-electron chi connectivity index (χ4n) is 3.26. The molecule has 1 heterocycles. The van der Waals surface area contributed by atoms with Crippen molar-refractivity contribution in [1.29, 1.82) is 0 Å². The molecule has 0 aliphatic carbocycles. The van der Waals surface area contributed by atoms with Gasteiger partial charge in [0.05, 0.1) is 12.2 Å². The summed E-state index contributed by atoms with van der Waals surface area (Å²) in [5.41, 5.74) is 2.06. The van der Waals surface area contributed by atoms with Gasteiger partial charge in [-0.3, -0.25) is 9.88 Å². The van der Waals surface area contributed by atoms with Gasteiger partial charge in [0, 0.05) is 37.9 Å². The smallest absolute Gasteiger partial charge is 0.191 e. The van der Waals surface area contributed by atoms with Gasteiger partial charge in [-0.05, 0) is 64.4 Å². The molecule has 0 amide bonds. The number of rotatable bonds is 11. The molecule has 0 saturated carbocycles. The number of nitrogens with one attached hydrogen (secondary N) is 2. The second-order valence-corrected chi connectivity index (χ2v) is 7.80. The van der Waals surface area contributed by atoms with Crippen molar-refractivity contribution in [2.45, 2.75) is 59.9 Å². The fourth-order valence-corrected chi connectivity index (χ4v) is 3.26. The quantitative estimate of drug-likeness (QED) is 0.435. The maximum absolute atomic E-state index is 5.80. The Morgan fingerprint density at radius 3 is 2.37 bits per heavy atom. The second kappa shape index (κ2) is 12.9. The standard InChI is InChI=1S/C24H37N5O/c1-6-25-24(27-15-16-29(19(2)3)20(4)5)28-17-21-10-12-23(13-11-21)30-18-22-9-7-8-14-26-22/h7-14,19-20H,6,15-18H2,1-5H3,(H2,25,27,28). The zero-order chi connectivity index (χ0) is 21.8. The van der Waals surface area contributed by atoms with Crippen molar-refractivity contribution in [2.75, 3.05) is 19.6 Å². The Morgan fingerprint density at radius 1 is 1.03 bits per heavy atom. The number of ether oxygens (including phenoxy) is 1. The zero-order valence-corrected chi connectivity index (χ0v) is 19.1. The number of aromatic nitrogens is 1. The Bertz CT molecular complexity index is 736. The first kappa shape index (κ1) is 23.7. The summed E-state index contributed by atoms with van der Waals surface area (Å²) >= 11 is 0. The summed E-state index contributed by atoms with van der Waals surface area (Å²) in [4.78, 5) is 11.5. The monoisotopic (exact) mass is 411 g/mol. The van der Waals surface area contributed by atoms with E-state index in [1.165, 1.54) is 0 Å². The molecule has 0 aliphatic rings. The summed E-state index contributed by atoms with van der Waals surface area (Å²) in [6.07, 6.45) is 1.78. The minimum atomic E-state index is 0.469. The van der Waals surface area contributed by atoms with E-state index < -0.39 is 0 Å². The van der Waals surface area contributed by atoms with Crippen LogP contribution in [-0.4, -0.2) is 47.6 Å². The second-order valence-electron chi connectivity index (χ2n) is 7.80. The van der Waals surface area contributed by atoms with Gasteiger partial charge in [0.15, 0.2) is 5.96 Å². The molecule has 0 atom stereocenters. The molecular formula is C24H37N5O. The first-order valence-corrected chi connectivity index (χ1v) is 10.9. The molecule has 6 heteroatoms. The molecule has 2 aromatic rings. The number of aliphatic imine (C=N–C) groups is 1. The third-order valence-electron chi connectivity index (χ3n) is 4.79. The van der Waals surface area contributed by atoms with Gasteiger partial charge < -0.3 is 15.4 Å².